The quantitative estimate of drug-likeness (QED) is 0.188. The van der Waals surface area contributed by atoms with Gasteiger partial charge in [0.1, 0.15) is 0 Å². The molecule has 11 rings (SSSR count). The van der Waals surface area contributed by atoms with Crippen molar-refractivity contribution in [2.24, 2.45) is 0 Å². The van der Waals surface area contributed by atoms with Crippen molar-refractivity contribution in [1.82, 2.24) is 19.1 Å². The Morgan fingerprint density at radius 1 is 0.365 bits per heavy atom. The first-order valence-corrected chi connectivity index (χ1v) is 17.7. The average molecular weight is 663 g/mol. The van der Waals surface area contributed by atoms with Crippen molar-refractivity contribution < 1.29 is 0 Å². The predicted molar refractivity (Wildman–Crippen MR) is 217 cm³/mol. The lowest BCUT2D eigenvalue weighted by molar-refractivity contribution is 1.01. The summed E-state index contributed by atoms with van der Waals surface area (Å²) in [6.07, 6.45) is 0. The zero-order valence-electron chi connectivity index (χ0n) is 28.1. The van der Waals surface area contributed by atoms with E-state index in [1.54, 1.807) is 0 Å². The molecule has 4 nitrogen and oxygen atoms in total. The molecule has 0 atom stereocenters. The number of para-hydroxylation sites is 3. The van der Waals surface area contributed by atoms with Gasteiger partial charge in [-0.1, -0.05) is 133 Å². The molecule has 3 aromatic heterocycles. The van der Waals surface area contributed by atoms with Crippen LogP contribution < -0.4 is 0 Å². The second kappa shape index (κ2) is 11.2. The lowest BCUT2D eigenvalue weighted by atomic mass is 9.97. The molecule has 0 N–H and O–H groups in total. The summed E-state index contributed by atoms with van der Waals surface area (Å²) in [4.78, 5) is 10.6. The summed E-state index contributed by atoms with van der Waals surface area (Å²) in [7, 11) is 0. The molecule has 0 aliphatic carbocycles. The molecule has 0 amide bonds. The lowest BCUT2D eigenvalue weighted by Crippen LogP contribution is -2.03. The Morgan fingerprint density at radius 3 is 1.88 bits per heavy atom. The van der Waals surface area contributed by atoms with Crippen LogP contribution >= 0.6 is 0 Å². The Kier molecular flexibility index (Phi) is 6.22. The van der Waals surface area contributed by atoms with Gasteiger partial charge < -0.3 is 4.57 Å². The second-order valence-electron chi connectivity index (χ2n) is 13.4. The molecule has 0 aliphatic rings. The second-order valence-corrected chi connectivity index (χ2v) is 13.4. The van der Waals surface area contributed by atoms with Crippen LogP contribution in [-0.4, -0.2) is 19.1 Å². The molecular formula is C48H30N4. The summed E-state index contributed by atoms with van der Waals surface area (Å²) in [6.45, 7) is 0. The topological polar surface area (TPSA) is 35.6 Å². The van der Waals surface area contributed by atoms with Crippen LogP contribution in [-0.2, 0) is 0 Å². The zero-order chi connectivity index (χ0) is 34.2. The van der Waals surface area contributed by atoms with Gasteiger partial charge in [-0.25, -0.2) is 9.97 Å². The minimum Gasteiger partial charge on any atom is -0.309 e. The minimum absolute atomic E-state index is 0.661. The molecule has 0 saturated carbocycles. The van der Waals surface area contributed by atoms with E-state index in [2.05, 4.69) is 185 Å². The smallest absolute Gasteiger partial charge is 0.235 e. The van der Waals surface area contributed by atoms with Crippen LogP contribution in [0.2, 0.25) is 0 Å². The number of benzene rings is 8. The van der Waals surface area contributed by atoms with Crippen molar-refractivity contribution in [1.29, 1.82) is 0 Å². The monoisotopic (exact) mass is 662 g/mol. The van der Waals surface area contributed by atoms with Crippen LogP contribution in [0.3, 0.4) is 0 Å². The maximum atomic E-state index is 5.33. The Balaban J connectivity index is 1.22. The number of hydrogen-bond donors (Lipinski definition) is 0. The van der Waals surface area contributed by atoms with Crippen LogP contribution in [0.25, 0.3) is 99.3 Å². The third kappa shape index (κ3) is 4.21. The molecule has 0 unspecified atom stereocenters. The number of aromatic nitrogens is 4. The van der Waals surface area contributed by atoms with Crippen molar-refractivity contribution in [3.63, 3.8) is 0 Å². The largest absolute Gasteiger partial charge is 0.309 e. The summed E-state index contributed by atoms with van der Waals surface area (Å²) in [5.41, 5.74) is 11.0. The fraction of sp³-hybridized carbons (Fsp3) is 0. The maximum Gasteiger partial charge on any atom is 0.235 e. The van der Waals surface area contributed by atoms with Gasteiger partial charge >= 0.3 is 0 Å². The highest BCUT2D eigenvalue weighted by atomic mass is 15.2. The van der Waals surface area contributed by atoms with Crippen molar-refractivity contribution in [3.05, 3.63) is 182 Å². The van der Waals surface area contributed by atoms with E-state index < -0.39 is 0 Å². The van der Waals surface area contributed by atoms with Crippen molar-refractivity contribution >= 4 is 65.3 Å². The van der Waals surface area contributed by atoms with E-state index in [4.69, 9.17) is 9.97 Å². The van der Waals surface area contributed by atoms with E-state index in [9.17, 15) is 0 Å². The lowest BCUT2D eigenvalue weighted by Gasteiger charge is -2.12. The zero-order valence-corrected chi connectivity index (χ0v) is 28.1. The molecule has 0 spiro atoms. The molecule has 4 heteroatoms. The summed E-state index contributed by atoms with van der Waals surface area (Å²) in [6, 6.07) is 64.9. The third-order valence-corrected chi connectivity index (χ3v) is 10.5. The fourth-order valence-electron chi connectivity index (χ4n) is 8.27. The molecule has 0 radical (unpaired) electrons. The summed E-state index contributed by atoms with van der Waals surface area (Å²) in [5, 5.41) is 8.32. The highest BCUT2D eigenvalue weighted by molar-refractivity contribution is 6.23. The number of rotatable bonds is 4. The first kappa shape index (κ1) is 28.8. The van der Waals surface area contributed by atoms with Gasteiger partial charge in [0.15, 0.2) is 0 Å². The van der Waals surface area contributed by atoms with Gasteiger partial charge in [0.25, 0.3) is 0 Å². The summed E-state index contributed by atoms with van der Waals surface area (Å²) < 4.78 is 4.63. The van der Waals surface area contributed by atoms with Gasteiger partial charge in [-0.05, 0) is 70.4 Å². The molecule has 0 bridgehead atoms. The van der Waals surface area contributed by atoms with Crippen LogP contribution in [0.1, 0.15) is 0 Å². The van der Waals surface area contributed by atoms with Crippen molar-refractivity contribution in [2.75, 3.05) is 0 Å². The molecule has 52 heavy (non-hydrogen) atoms. The van der Waals surface area contributed by atoms with Crippen molar-refractivity contribution in [3.8, 4) is 34.0 Å². The molecule has 0 saturated heterocycles. The molecule has 3 heterocycles. The van der Waals surface area contributed by atoms with Crippen molar-refractivity contribution in [2.45, 2.75) is 0 Å². The average Bonchev–Trinajstić information content (AvgIpc) is 3.74. The number of nitrogens with zero attached hydrogens (tertiary/aromatic N) is 4. The van der Waals surface area contributed by atoms with Crippen LogP contribution in [0.5, 0.6) is 0 Å². The predicted octanol–water partition coefficient (Wildman–Crippen LogP) is 12.3. The molecule has 0 fully saturated rings. The van der Waals surface area contributed by atoms with Gasteiger partial charge in [0, 0.05) is 38.2 Å². The molecule has 8 aromatic carbocycles. The third-order valence-electron chi connectivity index (χ3n) is 10.5. The Bertz CT molecular complexity index is 3170. The Labute approximate surface area is 299 Å². The maximum absolute atomic E-state index is 5.33. The minimum atomic E-state index is 0.661. The van der Waals surface area contributed by atoms with Crippen LogP contribution in [0, 0.1) is 0 Å². The first-order chi connectivity index (χ1) is 25.8. The van der Waals surface area contributed by atoms with E-state index in [0.29, 0.717) is 5.95 Å². The normalized spacial score (nSPS) is 11.8. The van der Waals surface area contributed by atoms with Gasteiger partial charge in [0.05, 0.1) is 33.3 Å². The fourth-order valence-corrected chi connectivity index (χ4v) is 8.27. The summed E-state index contributed by atoms with van der Waals surface area (Å²) in [5.74, 6) is 0.661. The van der Waals surface area contributed by atoms with E-state index in [1.807, 2.05) is 6.07 Å². The molecule has 242 valence electrons. The molecule has 11 aromatic rings. The van der Waals surface area contributed by atoms with E-state index in [0.717, 1.165) is 38.9 Å². The first-order valence-electron chi connectivity index (χ1n) is 17.7. The molecule has 0 aliphatic heterocycles. The standard InChI is InChI=1S/C48H30N4/c1-3-15-32(16-4-1)47-37-20-9-11-23-40(37)49-48(50-47)52-42-28-27-33(30-39(42)46-35-19-8-7-14-31(35)26-29-44(46)52)36-22-13-25-43-45(36)38-21-10-12-24-41(38)51(43)34-17-5-2-6-18-34/h1-30H. The SMILES string of the molecule is c1ccc(-c2nc(-n3c4ccc(-c5cccc6c5c5ccccc5n6-c5ccccc5)cc4c4c5ccccc5ccc43)nc3ccccc23)cc1. The summed E-state index contributed by atoms with van der Waals surface area (Å²) >= 11 is 0. The molecular weight excluding hydrogens is 633 g/mol. The van der Waals surface area contributed by atoms with Gasteiger partial charge in [-0.15, -0.1) is 0 Å². The van der Waals surface area contributed by atoms with Crippen LogP contribution in [0.4, 0.5) is 0 Å². The van der Waals surface area contributed by atoms with Gasteiger partial charge in [0.2, 0.25) is 5.95 Å². The number of fused-ring (bicyclic) bond motifs is 9. The highest BCUT2D eigenvalue weighted by Crippen LogP contribution is 2.42. The highest BCUT2D eigenvalue weighted by Gasteiger charge is 2.21. The van der Waals surface area contributed by atoms with E-state index in [1.165, 1.54) is 54.5 Å². The number of hydrogen-bond acceptors (Lipinski definition) is 2. The van der Waals surface area contributed by atoms with E-state index >= 15 is 0 Å². The van der Waals surface area contributed by atoms with Gasteiger partial charge in [-0.2, -0.15) is 0 Å². The Morgan fingerprint density at radius 2 is 1.02 bits per heavy atom. The van der Waals surface area contributed by atoms with Crippen LogP contribution in [0.15, 0.2) is 182 Å². The van der Waals surface area contributed by atoms with Gasteiger partial charge in [-0.3, -0.25) is 4.57 Å². The van der Waals surface area contributed by atoms with E-state index in [-0.39, 0.29) is 0 Å². The Hall–Kier alpha value is -7.04.